The molecule has 0 bridgehead atoms. The number of nitrogens with one attached hydrogen (secondary N) is 5. The summed E-state index contributed by atoms with van der Waals surface area (Å²) in [6.45, 7) is 2.75. The van der Waals surface area contributed by atoms with E-state index >= 15 is 0 Å². The molecule has 63 heavy (non-hydrogen) atoms. The monoisotopic (exact) mass is 843 g/mol. The number of benzene rings is 6. The van der Waals surface area contributed by atoms with E-state index in [2.05, 4.69) is 26.6 Å². The highest BCUT2D eigenvalue weighted by Gasteiger charge is 2.39. The van der Waals surface area contributed by atoms with Gasteiger partial charge in [0.05, 0.1) is 13.0 Å². The van der Waals surface area contributed by atoms with Gasteiger partial charge in [-0.1, -0.05) is 152 Å². The van der Waals surface area contributed by atoms with Gasteiger partial charge in [-0.15, -0.1) is 0 Å². The lowest BCUT2D eigenvalue weighted by Crippen LogP contribution is -2.56. The first-order chi connectivity index (χ1) is 30.6. The Hall–Kier alpha value is -7.57. The smallest absolute Gasteiger partial charge is 0.407 e. The maximum Gasteiger partial charge on any atom is 0.407 e. The minimum absolute atomic E-state index is 0.0543. The van der Waals surface area contributed by atoms with E-state index in [-0.39, 0.29) is 19.1 Å². The molecule has 6 aromatic carbocycles. The van der Waals surface area contributed by atoms with Crippen molar-refractivity contribution in [2.45, 2.75) is 56.5 Å². The van der Waals surface area contributed by atoms with Gasteiger partial charge in [0.25, 0.3) is 0 Å². The van der Waals surface area contributed by atoms with Gasteiger partial charge in [-0.2, -0.15) is 0 Å². The predicted molar refractivity (Wildman–Crippen MR) is 240 cm³/mol. The van der Waals surface area contributed by atoms with Crippen molar-refractivity contribution in [3.05, 3.63) is 197 Å². The number of fused-ring (bicyclic) bond motifs is 3. The first-order valence-electron chi connectivity index (χ1n) is 20.8. The summed E-state index contributed by atoms with van der Waals surface area (Å²) >= 11 is 0. The van der Waals surface area contributed by atoms with E-state index in [1.165, 1.54) is 13.8 Å². The molecule has 1 aliphatic carbocycles. The average molecular weight is 844 g/mol. The molecule has 6 aromatic rings. The molecule has 6 N–H and O–H groups in total. The molecule has 0 unspecified atom stereocenters. The van der Waals surface area contributed by atoms with Crippen LogP contribution in [0, 0.1) is 0 Å². The Bertz CT molecular complexity index is 2410. The Balaban J connectivity index is 1.04. The number of amides is 5. The Morgan fingerprint density at radius 1 is 0.571 bits per heavy atom. The maximum atomic E-state index is 14.4. The van der Waals surface area contributed by atoms with Gasteiger partial charge in [-0.3, -0.25) is 19.2 Å². The van der Waals surface area contributed by atoms with Crippen LogP contribution in [-0.2, 0) is 36.1 Å². The van der Waals surface area contributed by atoms with E-state index in [1.807, 2.05) is 140 Å². The van der Waals surface area contributed by atoms with Crippen LogP contribution in [0.5, 0.6) is 0 Å². The van der Waals surface area contributed by atoms with Crippen LogP contribution in [0.1, 0.15) is 59.6 Å². The van der Waals surface area contributed by atoms with E-state index in [4.69, 9.17) is 4.74 Å². The predicted octanol–water partition coefficient (Wildman–Crippen LogP) is 6.53. The standard InChI is InChI=1S/C51H49N5O7/c1-33(52-47(59)34(2)53-50(62)63-32-44-42-24-14-12-22-40(42)41-23-13-15-25-43(41)44)48(60)55-45(49(61)54-39-28-26-35(31-57)27-29-39)30-46(58)56-51(36-16-6-3-7-17-36,37-18-8-4-9-19-37)38-20-10-5-11-21-38/h3-29,33-34,44-45,57H,30-32H2,1-2H3,(H,52,59)(H,53,62)(H,54,61)(H,55,60)(H,56,58)/t33-,34-,45-/m0/s1. The molecule has 0 heterocycles. The normalized spacial score (nSPS) is 13.3. The molecular weight excluding hydrogens is 795 g/mol. The highest BCUT2D eigenvalue weighted by Crippen LogP contribution is 2.44. The number of hydrogen-bond acceptors (Lipinski definition) is 7. The number of carbonyl (C=O) groups is 5. The molecule has 1 aliphatic rings. The molecule has 12 nitrogen and oxygen atoms in total. The minimum atomic E-state index is -1.41. The quantitative estimate of drug-likeness (QED) is 0.0601. The van der Waals surface area contributed by atoms with E-state index in [1.54, 1.807) is 24.3 Å². The van der Waals surface area contributed by atoms with Crippen LogP contribution >= 0.6 is 0 Å². The number of carbonyl (C=O) groups excluding carboxylic acids is 5. The summed E-state index contributed by atoms with van der Waals surface area (Å²) in [5, 5.41) is 23.3. The summed E-state index contributed by atoms with van der Waals surface area (Å²) in [5.41, 5.74) is 6.36. The largest absolute Gasteiger partial charge is 0.449 e. The fourth-order valence-electron chi connectivity index (χ4n) is 7.94. The van der Waals surface area contributed by atoms with E-state index in [9.17, 15) is 29.1 Å². The molecule has 0 aromatic heterocycles. The molecule has 3 atom stereocenters. The van der Waals surface area contributed by atoms with Crippen molar-refractivity contribution in [3.63, 3.8) is 0 Å². The van der Waals surface area contributed by atoms with Gasteiger partial charge in [-0.05, 0) is 70.5 Å². The number of hydrogen-bond donors (Lipinski definition) is 6. The van der Waals surface area contributed by atoms with Gasteiger partial charge in [0.15, 0.2) is 0 Å². The molecule has 12 heteroatoms. The molecule has 0 radical (unpaired) electrons. The first kappa shape index (κ1) is 43.5. The molecular formula is C51H49N5O7. The van der Waals surface area contributed by atoms with Crippen LogP contribution in [0.15, 0.2) is 164 Å². The SMILES string of the molecule is C[C@H](NC(=O)OCC1c2ccccc2-c2ccccc21)C(=O)N[C@@H](C)C(=O)N[C@@H](CC(=O)NC(c1ccccc1)(c1ccccc1)c1ccccc1)C(=O)Nc1ccc(CO)cc1. The Kier molecular flexibility index (Phi) is 13.7. The second-order valence-corrected chi connectivity index (χ2v) is 15.4. The fourth-order valence-corrected chi connectivity index (χ4v) is 7.94. The Morgan fingerprint density at radius 3 is 1.54 bits per heavy atom. The van der Waals surface area contributed by atoms with Crippen molar-refractivity contribution in [1.82, 2.24) is 21.3 Å². The molecule has 0 aliphatic heterocycles. The highest BCUT2D eigenvalue weighted by atomic mass is 16.5. The van der Waals surface area contributed by atoms with Crippen molar-refractivity contribution in [2.24, 2.45) is 0 Å². The zero-order valence-electron chi connectivity index (χ0n) is 34.9. The van der Waals surface area contributed by atoms with Crippen molar-refractivity contribution >= 4 is 35.4 Å². The maximum absolute atomic E-state index is 14.4. The second kappa shape index (κ2) is 19.9. The molecule has 320 valence electrons. The lowest BCUT2D eigenvalue weighted by Gasteiger charge is -2.37. The van der Waals surface area contributed by atoms with E-state index < -0.39 is 59.8 Å². The van der Waals surface area contributed by atoms with Crippen molar-refractivity contribution in [1.29, 1.82) is 0 Å². The zero-order valence-corrected chi connectivity index (χ0v) is 34.9. The summed E-state index contributed by atoms with van der Waals surface area (Å²) in [7, 11) is 0. The van der Waals surface area contributed by atoms with Crippen molar-refractivity contribution < 1.29 is 33.8 Å². The van der Waals surface area contributed by atoms with Gasteiger partial charge in [0.1, 0.15) is 30.3 Å². The van der Waals surface area contributed by atoms with Gasteiger partial charge in [-0.25, -0.2) is 4.79 Å². The summed E-state index contributed by atoms with van der Waals surface area (Å²) in [5.74, 6) is -2.84. The van der Waals surface area contributed by atoms with Gasteiger partial charge in [0, 0.05) is 11.6 Å². The minimum Gasteiger partial charge on any atom is -0.449 e. The summed E-state index contributed by atoms with van der Waals surface area (Å²) < 4.78 is 5.61. The van der Waals surface area contributed by atoms with Crippen LogP contribution in [0.4, 0.5) is 10.5 Å². The fraction of sp³-hybridized carbons (Fsp3) is 0.196. The second-order valence-electron chi connectivity index (χ2n) is 15.4. The topological polar surface area (TPSA) is 175 Å². The van der Waals surface area contributed by atoms with Crippen LogP contribution in [0.3, 0.4) is 0 Å². The Morgan fingerprint density at radius 2 is 1.03 bits per heavy atom. The molecule has 0 saturated heterocycles. The highest BCUT2D eigenvalue weighted by molar-refractivity contribution is 6.01. The third kappa shape index (κ3) is 9.98. The summed E-state index contributed by atoms with van der Waals surface area (Å²) in [4.78, 5) is 68.4. The number of ether oxygens (including phenoxy) is 1. The number of aliphatic hydroxyl groups excluding tert-OH is 1. The number of rotatable bonds is 16. The molecule has 0 fully saturated rings. The van der Waals surface area contributed by atoms with E-state index in [0.29, 0.717) is 11.3 Å². The van der Waals surface area contributed by atoms with Crippen LogP contribution in [0.25, 0.3) is 11.1 Å². The molecule has 7 rings (SSSR count). The Labute approximate surface area is 366 Å². The average Bonchev–Trinajstić information content (AvgIpc) is 3.64. The number of alkyl carbamates (subject to hydrolysis) is 1. The zero-order chi connectivity index (χ0) is 44.3. The van der Waals surface area contributed by atoms with Gasteiger partial charge < -0.3 is 36.4 Å². The third-order valence-corrected chi connectivity index (χ3v) is 11.2. The van der Waals surface area contributed by atoms with Crippen molar-refractivity contribution in [2.75, 3.05) is 11.9 Å². The lowest BCUT2D eigenvalue weighted by molar-refractivity contribution is -0.132. The summed E-state index contributed by atoms with van der Waals surface area (Å²) in [6.07, 6.45) is -1.29. The van der Waals surface area contributed by atoms with Crippen LogP contribution in [-0.4, -0.2) is 59.6 Å². The first-order valence-corrected chi connectivity index (χ1v) is 20.8. The van der Waals surface area contributed by atoms with Crippen LogP contribution < -0.4 is 26.6 Å². The van der Waals surface area contributed by atoms with Gasteiger partial charge in [0.2, 0.25) is 23.6 Å². The van der Waals surface area contributed by atoms with Crippen molar-refractivity contribution in [3.8, 4) is 11.1 Å². The summed E-state index contributed by atoms with van der Waals surface area (Å²) in [6, 6.07) is 47.1. The molecule has 0 saturated carbocycles. The molecule has 0 spiro atoms. The molecule has 5 amide bonds. The number of aliphatic hydroxyl groups is 1. The number of anilines is 1. The van der Waals surface area contributed by atoms with E-state index in [0.717, 1.165) is 38.9 Å². The lowest BCUT2D eigenvalue weighted by atomic mass is 9.77. The third-order valence-electron chi connectivity index (χ3n) is 11.2. The van der Waals surface area contributed by atoms with Crippen LogP contribution in [0.2, 0.25) is 0 Å². The van der Waals surface area contributed by atoms with Gasteiger partial charge >= 0.3 is 6.09 Å².